The Balaban J connectivity index is 1.76. The highest BCUT2D eigenvalue weighted by Crippen LogP contribution is 2.37. The topological polar surface area (TPSA) is 77.8 Å². The molecule has 1 saturated heterocycles. The number of aliphatic carboxylic acids is 1. The molecule has 0 aromatic heterocycles. The molecular formula is C19H25NO4. The maximum Gasteiger partial charge on any atom is 0.314 e. The van der Waals surface area contributed by atoms with Crippen molar-refractivity contribution in [3.8, 4) is 0 Å². The predicted octanol–water partition coefficient (Wildman–Crippen LogP) is 1.87. The first-order chi connectivity index (χ1) is 11.5. The molecule has 1 aliphatic carbocycles. The molecule has 1 aliphatic heterocycles. The van der Waals surface area contributed by atoms with E-state index in [1.807, 2.05) is 19.1 Å². The molecule has 2 atom stereocenters. The van der Waals surface area contributed by atoms with Gasteiger partial charge in [0.15, 0.2) is 0 Å². The van der Waals surface area contributed by atoms with Crippen molar-refractivity contribution in [3.05, 3.63) is 35.4 Å². The van der Waals surface area contributed by atoms with E-state index in [0.717, 1.165) is 12.8 Å². The van der Waals surface area contributed by atoms with Crippen molar-refractivity contribution in [1.82, 2.24) is 4.90 Å². The number of likely N-dealkylation sites (tertiary alicyclic amines) is 1. The molecule has 0 spiro atoms. The number of piperidine rings is 1. The third-order valence-electron chi connectivity index (χ3n) is 5.62. The van der Waals surface area contributed by atoms with E-state index in [9.17, 15) is 19.8 Å². The van der Waals surface area contributed by atoms with Crippen LogP contribution < -0.4 is 0 Å². The van der Waals surface area contributed by atoms with Gasteiger partial charge in [-0.1, -0.05) is 37.6 Å². The van der Waals surface area contributed by atoms with Crippen molar-refractivity contribution in [2.24, 2.45) is 11.3 Å². The van der Waals surface area contributed by atoms with Crippen molar-refractivity contribution >= 4 is 11.9 Å². The highest BCUT2D eigenvalue weighted by atomic mass is 16.4. The molecule has 5 nitrogen and oxygen atoms in total. The van der Waals surface area contributed by atoms with Crippen LogP contribution in [0.3, 0.4) is 0 Å². The van der Waals surface area contributed by atoms with Crippen LogP contribution in [-0.2, 0) is 22.4 Å². The maximum absolute atomic E-state index is 12.9. The van der Waals surface area contributed by atoms with E-state index in [4.69, 9.17) is 0 Å². The summed E-state index contributed by atoms with van der Waals surface area (Å²) >= 11 is 0. The molecule has 1 heterocycles. The van der Waals surface area contributed by atoms with E-state index in [1.54, 1.807) is 4.90 Å². The second-order valence-corrected chi connectivity index (χ2v) is 7.15. The third-order valence-corrected chi connectivity index (χ3v) is 5.62. The molecule has 1 aromatic carbocycles. The average Bonchev–Trinajstić information content (AvgIpc) is 3.00. The second kappa shape index (κ2) is 6.55. The molecule has 3 rings (SSSR count). The number of carbonyl (C=O) groups is 2. The average molecular weight is 331 g/mol. The molecule has 1 amide bonds. The van der Waals surface area contributed by atoms with Gasteiger partial charge in [0, 0.05) is 19.0 Å². The summed E-state index contributed by atoms with van der Waals surface area (Å²) in [5.41, 5.74) is 1.20. The van der Waals surface area contributed by atoms with Crippen LogP contribution in [0.25, 0.3) is 0 Å². The quantitative estimate of drug-likeness (QED) is 0.883. The number of carboxylic acid groups (broad SMARTS) is 1. The lowest BCUT2D eigenvalue weighted by atomic mass is 9.73. The van der Waals surface area contributed by atoms with Crippen LogP contribution in [0.4, 0.5) is 0 Å². The van der Waals surface area contributed by atoms with Crippen LogP contribution >= 0.6 is 0 Å². The summed E-state index contributed by atoms with van der Waals surface area (Å²) in [5, 5.41) is 20.0. The molecule has 1 fully saturated rings. The van der Waals surface area contributed by atoms with Crippen molar-refractivity contribution in [2.45, 2.75) is 45.1 Å². The number of amides is 1. The Morgan fingerprint density at radius 2 is 1.88 bits per heavy atom. The number of carbonyl (C=O) groups excluding carboxylic acids is 1. The minimum absolute atomic E-state index is 0.0276. The van der Waals surface area contributed by atoms with Gasteiger partial charge in [-0.15, -0.1) is 0 Å². The highest BCUT2D eigenvalue weighted by molar-refractivity contribution is 5.83. The molecule has 2 aliphatic rings. The summed E-state index contributed by atoms with van der Waals surface area (Å²) in [4.78, 5) is 26.5. The molecule has 1 aromatic rings. The van der Waals surface area contributed by atoms with Gasteiger partial charge in [0.05, 0.1) is 6.10 Å². The SMILES string of the molecule is CCC[C@@]1(C(=O)O)CN(C(=O)C2Cc3ccccc3C2)CC[C@@H]1O. The molecule has 0 unspecified atom stereocenters. The Labute approximate surface area is 142 Å². The number of hydrogen-bond donors (Lipinski definition) is 2. The minimum Gasteiger partial charge on any atom is -0.481 e. The normalized spacial score (nSPS) is 27.1. The number of aliphatic hydroxyl groups excluding tert-OH is 1. The number of aliphatic hydroxyl groups is 1. The fourth-order valence-corrected chi connectivity index (χ4v) is 4.27. The summed E-state index contributed by atoms with van der Waals surface area (Å²) < 4.78 is 0. The first-order valence-corrected chi connectivity index (χ1v) is 8.75. The Morgan fingerprint density at radius 1 is 1.25 bits per heavy atom. The van der Waals surface area contributed by atoms with E-state index in [0.29, 0.717) is 25.8 Å². The van der Waals surface area contributed by atoms with Crippen LogP contribution in [-0.4, -0.2) is 46.2 Å². The van der Waals surface area contributed by atoms with Gasteiger partial charge in [-0.2, -0.15) is 0 Å². The number of fused-ring (bicyclic) bond motifs is 1. The zero-order valence-corrected chi connectivity index (χ0v) is 14.1. The number of hydrogen-bond acceptors (Lipinski definition) is 3. The van der Waals surface area contributed by atoms with Gasteiger partial charge in [0.2, 0.25) is 5.91 Å². The van der Waals surface area contributed by atoms with Crippen molar-refractivity contribution in [1.29, 1.82) is 0 Å². The van der Waals surface area contributed by atoms with Gasteiger partial charge in [-0.3, -0.25) is 9.59 Å². The smallest absolute Gasteiger partial charge is 0.314 e. The van der Waals surface area contributed by atoms with Crippen LogP contribution in [0.2, 0.25) is 0 Å². The van der Waals surface area contributed by atoms with Crippen LogP contribution in [0.1, 0.15) is 37.3 Å². The lowest BCUT2D eigenvalue weighted by molar-refractivity contribution is -0.167. The van der Waals surface area contributed by atoms with Crippen molar-refractivity contribution in [3.63, 3.8) is 0 Å². The van der Waals surface area contributed by atoms with Gasteiger partial charge >= 0.3 is 5.97 Å². The van der Waals surface area contributed by atoms with Crippen molar-refractivity contribution < 1.29 is 19.8 Å². The summed E-state index contributed by atoms with van der Waals surface area (Å²) in [6, 6.07) is 8.09. The number of carboxylic acids is 1. The largest absolute Gasteiger partial charge is 0.481 e. The Kier molecular flexibility index (Phi) is 4.63. The summed E-state index contributed by atoms with van der Waals surface area (Å²) in [6.07, 6.45) is 1.94. The molecule has 130 valence electrons. The predicted molar refractivity (Wildman–Crippen MR) is 89.5 cm³/mol. The zero-order chi connectivity index (χ0) is 17.3. The van der Waals surface area contributed by atoms with Gasteiger partial charge in [-0.25, -0.2) is 0 Å². The van der Waals surface area contributed by atoms with E-state index in [-0.39, 0.29) is 18.4 Å². The summed E-state index contributed by atoms with van der Waals surface area (Å²) in [5.74, 6) is -1.07. The molecule has 0 saturated carbocycles. The summed E-state index contributed by atoms with van der Waals surface area (Å²) in [7, 11) is 0. The van der Waals surface area contributed by atoms with E-state index in [1.165, 1.54) is 11.1 Å². The van der Waals surface area contributed by atoms with Crippen molar-refractivity contribution in [2.75, 3.05) is 13.1 Å². The van der Waals surface area contributed by atoms with E-state index in [2.05, 4.69) is 12.1 Å². The molecule has 24 heavy (non-hydrogen) atoms. The Hall–Kier alpha value is -1.88. The first kappa shape index (κ1) is 17.0. The zero-order valence-electron chi connectivity index (χ0n) is 14.1. The van der Waals surface area contributed by atoms with Gasteiger partial charge in [-0.05, 0) is 36.8 Å². The van der Waals surface area contributed by atoms with Gasteiger partial charge < -0.3 is 15.1 Å². The number of benzene rings is 1. The molecule has 2 N–H and O–H groups in total. The number of rotatable bonds is 4. The van der Waals surface area contributed by atoms with E-state index >= 15 is 0 Å². The summed E-state index contributed by atoms with van der Waals surface area (Å²) in [6.45, 7) is 2.46. The molecule has 0 bridgehead atoms. The van der Waals surface area contributed by atoms with E-state index < -0.39 is 17.5 Å². The van der Waals surface area contributed by atoms with Crippen LogP contribution in [0, 0.1) is 11.3 Å². The fourth-order valence-electron chi connectivity index (χ4n) is 4.27. The van der Waals surface area contributed by atoms with Gasteiger partial charge in [0.1, 0.15) is 5.41 Å². The van der Waals surface area contributed by atoms with Crippen LogP contribution in [0.15, 0.2) is 24.3 Å². The minimum atomic E-state index is -1.23. The Bertz CT molecular complexity index is 619. The lowest BCUT2D eigenvalue weighted by Crippen LogP contribution is -2.58. The number of nitrogens with zero attached hydrogens (tertiary/aromatic N) is 1. The fraction of sp³-hybridized carbons (Fsp3) is 0.579. The monoisotopic (exact) mass is 331 g/mol. The first-order valence-electron chi connectivity index (χ1n) is 8.75. The standard InChI is InChI=1S/C19H25NO4/c1-2-8-19(18(23)24)12-20(9-7-16(19)21)17(22)15-10-13-5-3-4-6-14(13)11-15/h3-6,15-16,21H,2,7-12H2,1H3,(H,23,24)/t16-,19+/m0/s1. The van der Waals surface area contributed by atoms with Gasteiger partial charge in [0.25, 0.3) is 0 Å². The molecule has 5 heteroatoms. The lowest BCUT2D eigenvalue weighted by Gasteiger charge is -2.44. The second-order valence-electron chi connectivity index (χ2n) is 7.15. The van der Waals surface area contributed by atoms with Crippen LogP contribution in [0.5, 0.6) is 0 Å². The molecule has 0 radical (unpaired) electrons. The maximum atomic E-state index is 12.9. The highest BCUT2D eigenvalue weighted by Gasteiger charge is 2.50. The molecular weight excluding hydrogens is 306 g/mol. The Morgan fingerprint density at radius 3 is 2.42 bits per heavy atom. The third kappa shape index (κ3) is 2.81.